The van der Waals surface area contributed by atoms with Crippen molar-refractivity contribution in [3.8, 4) is 0 Å². The Kier molecular flexibility index (Phi) is 6.24. The van der Waals surface area contributed by atoms with Gasteiger partial charge in [0.05, 0.1) is 6.54 Å². The van der Waals surface area contributed by atoms with E-state index >= 15 is 0 Å². The van der Waals surface area contributed by atoms with Crippen LogP contribution in [0.3, 0.4) is 0 Å². The fourth-order valence-electron chi connectivity index (χ4n) is 1.57. The Hall–Kier alpha value is -0.980. The minimum Gasteiger partial charge on any atom is -0.455 e. The van der Waals surface area contributed by atoms with Crippen LogP contribution in [0.5, 0.6) is 0 Å². The van der Waals surface area contributed by atoms with Crippen molar-refractivity contribution in [2.75, 3.05) is 19.1 Å². The van der Waals surface area contributed by atoms with E-state index in [9.17, 15) is 4.79 Å². The van der Waals surface area contributed by atoms with Crippen molar-refractivity contribution >= 4 is 17.7 Å². The lowest BCUT2D eigenvalue weighted by Gasteiger charge is -2.23. The molecule has 0 fully saturated rings. The predicted molar refractivity (Wildman–Crippen MR) is 74.3 cm³/mol. The number of hydrogen-bond donors (Lipinski definition) is 2. The van der Waals surface area contributed by atoms with E-state index in [2.05, 4.69) is 25.1 Å². The number of carbonyl (C=O) groups is 1. The topological polar surface area (TPSA) is 71.5 Å². The molecule has 0 bridgehead atoms. The Bertz CT molecular complexity index is 381. The first-order valence-electron chi connectivity index (χ1n) is 5.87. The highest BCUT2D eigenvalue weighted by molar-refractivity contribution is 7.98. The molecular weight excluding hydrogens is 250 g/mol. The second-order valence-electron chi connectivity index (χ2n) is 4.29. The van der Waals surface area contributed by atoms with Crippen LogP contribution in [0.4, 0.5) is 0 Å². The average molecular weight is 271 g/mol. The van der Waals surface area contributed by atoms with E-state index in [0.717, 1.165) is 17.9 Å². The molecule has 3 N–H and O–H groups in total. The third-order valence-electron chi connectivity index (χ3n) is 2.91. The minimum absolute atomic E-state index is 0.248. The zero-order valence-corrected chi connectivity index (χ0v) is 11.9. The first-order chi connectivity index (χ1) is 8.58. The molecule has 0 aliphatic carbocycles. The SMILES string of the molecule is CSCCC(C)N(C)Cc1ccc(C(=O)NN)o1. The van der Waals surface area contributed by atoms with E-state index in [1.54, 1.807) is 6.07 Å². The molecule has 18 heavy (non-hydrogen) atoms. The smallest absolute Gasteiger partial charge is 0.300 e. The first-order valence-corrected chi connectivity index (χ1v) is 7.26. The van der Waals surface area contributed by atoms with Gasteiger partial charge in [0.25, 0.3) is 0 Å². The monoisotopic (exact) mass is 271 g/mol. The molecule has 0 saturated heterocycles. The summed E-state index contributed by atoms with van der Waals surface area (Å²) < 4.78 is 5.42. The summed E-state index contributed by atoms with van der Waals surface area (Å²) in [5.74, 6) is 6.80. The van der Waals surface area contributed by atoms with E-state index in [1.165, 1.54) is 0 Å². The molecule has 1 aromatic rings. The maximum Gasteiger partial charge on any atom is 0.300 e. The summed E-state index contributed by atoms with van der Waals surface area (Å²) in [4.78, 5) is 13.4. The Balaban J connectivity index is 2.51. The number of amides is 1. The Morgan fingerprint density at radius 3 is 2.94 bits per heavy atom. The lowest BCUT2D eigenvalue weighted by molar-refractivity contribution is 0.0921. The summed E-state index contributed by atoms with van der Waals surface area (Å²) in [6.45, 7) is 2.88. The lowest BCUT2D eigenvalue weighted by atomic mass is 10.2. The highest BCUT2D eigenvalue weighted by atomic mass is 32.2. The third-order valence-corrected chi connectivity index (χ3v) is 3.56. The van der Waals surface area contributed by atoms with Gasteiger partial charge in [-0.1, -0.05) is 0 Å². The van der Waals surface area contributed by atoms with Crippen LogP contribution in [0, 0.1) is 0 Å². The van der Waals surface area contributed by atoms with Gasteiger partial charge < -0.3 is 4.42 Å². The van der Waals surface area contributed by atoms with Gasteiger partial charge in [-0.2, -0.15) is 11.8 Å². The van der Waals surface area contributed by atoms with Crippen LogP contribution in [0.2, 0.25) is 0 Å². The van der Waals surface area contributed by atoms with Crippen molar-refractivity contribution < 1.29 is 9.21 Å². The number of nitrogens with two attached hydrogens (primary N) is 1. The summed E-state index contributed by atoms with van der Waals surface area (Å²) in [5.41, 5.74) is 2.05. The van der Waals surface area contributed by atoms with Gasteiger partial charge in [0.1, 0.15) is 5.76 Å². The van der Waals surface area contributed by atoms with Gasteiger partial charge >= 0.3 is 5.91 Å². The van der Waals surface area contributed by atoms with E-state index in [1.807, 2.05) is 23.3 Å². The van der Waals surface area contributed by atoms with Gasteiger partial charge in [0, 0.05) is 6.04 Å². The molecule has 0 aliphatic rings. The van der Waals surface area contributed by atoms with E-state index in [0.29, 0.717) is 12.6 Å². The maximum atomic E-state index is 11.2. The number of nitrogen functional groups attached to an aromatic ring is 1. The summed E-state index contributed by atoms with van der Waals surface area (Å²) in [6, 6.07) is 3.93. The molecular formula is C12H21N3O2S. The molecule has 5 nitrogen and oxygen atoms in total. The molecule has 0 saturated carbocycles. The number of thioether (sulfide) groups is 1. The second-order valence-corrected chi connectivity index (χ2v) is 5.27. The molecule has 102 valence electrons. The molecule has 1 atom stereocenters. The normalized spacial score (nSPS) is 12.7. The zero-order valence-electron chi connectivity index (χ0n) is 11.1. The summed E-state index contributed by atoms with van der Waals surface area (Å²) in [6.07, 6.45) is 3.24. The molecule has 0 radical (unpaired) electrons. The molecule has 1 rings (SSSR count). The molecule has 6 heteroatoms. The summed E-state index contributed by atoms with van der Waals surface area (Å²) in [5, 5.41) is 0. The van der Waals surface area contributed by atoms with Gasteiger partial charge in [0.15, 0.2) is 5.76 Å². The van der Waals surface area contributed by atoms with E-state index < -0.39 is 5.91 Å². The van der Waals surface area contributed by atoms with Crippen LogP contribution in [0.25, 0.3) is 0 Å². The van der Waals surface area contributed by atoms with Crippen molar-refractivity contribution in [3.63, 3.8) is 0 Å². The lowest BCUT2D eigenvalue weighted by Crippen LogP contribution is -2.30. The van der Waals surface area contributed by atoms with Crippen molar-refractivity contribution in [1.29, 1.82) is 0 Å². The van der Waals surface area contributed by atoms with Crippen LogP contribution >= 0.6 is 11.8 Å². The van der Waals surface area contributed by atoms with Crippen molar-refractivity contribution in [2.45, 2.75) is 25.9 Å². The van der Waals surface area contributed by atoms with E-state index in [4.69, 9.17) is 10.3 Å². The number of carbonyl (C=O) groups excluding carboxylic acids is 1. The van der Waals surface area contributed by atoms with Gasteiger partial charge in [-0.05, 0) is 44.5 Å². The van der Waals surface area contributed by atoms with Gasteiger partial charge in [0.2, 0.25) is 0 Å². The molecule has 1 amide bonds. The van der Waals surface area contributed by atoms with Crippen LogP contribution < -0.4 is 11.3 Å². The fraction of sp³-hybridized carbons (Fsp3) is 0.583. The third kappa shape index (κ3) is 4.36. The number of nitrogens with one attached hydrogen (secondary N) is 1. The molecule has 0 spiro atoms. The largest absolute Gasteiger partial charge is 0.455 e. The average Bonchev–Trinajstić information content (AvgIpc) is 2.83. The van der Waals surface area contributed by atoms with Gasteiger partial charge in [-0.15, -0.1) is 0 Å². The molecule has 0 aliphatic heterocycles. The molecule has 1 heterocycles. The van der Waals surface area contributed by atoms with Crippen LogP contribution in [0.1, 0.15) is 29.7 Å². The number of nitrogens with zero attached hydrogens (tertiary/aromatic N) is 1. The molecule has 1 unspecified atom stereocenters. The van der Waals surface area contributed by atoms with Crippen molar-refractivity contribution in [3.05, 3.63) is 23.7 Å². The number of hydrazine groups is 1. The Morgan fingerprint density at radius 2 is 2.33 bits per heavy atom. The molecule has 1 aromatic heterocycles. The number of furan rings is 1. The summed E-state index contributed by atoms with van der Waals surface area (Å²) >= 11 is 1.85. The Morgan fingerprint density at radius 1 is 1.61 bits per heavy atom. The quantitative estimate of drug-likeness (QED) is 0.446. The zero-order chi connectivity index (χ0) is 13.5. The van der Waals surface area contributed by atoms with Crippen LogP contribution in [-0.2, 0) is 6.54 Å². The first kappa shape index (κ1) is 15.1. The van der Waals surface area contributed by atoms with E-state index in [-0.39, 0.29) is 5.76 Å². The van der Waals surface area contributed by atoms with Crippen molar-refractivity contribution in [2.24, 2.45) is 5.84 Å². The summed E-state index contributed by atoms with van der Waals surface area (Å²) in [7, 11) is 2.05. The predicted octanol–water partition coefficient (Wildman–Crippen LogP) is 1.46. The van der Waals surface area contributed by atoms with Crippen LogP contribution in [-0.4, -0.2) is 35.9 Å². The van der Waals surface area contributed by atoms with Gasteiger partial charge in [-0.3, -0.25) is 15.1 Å². The highest BCUT2D eigenvalue weighted by Gasteiger charge is 2.13. The standard InChI is InChI=1S/C12H21N3O2S/c1-9(6-7-18-3)15(2)8-10-4-5-11(17-10)12(16)14-13/h4-5,9H,6-8,13H2,1-3H3,(H,14,16). The van der Waals surface area contributed by atoms with Crippen molar-refractivity contribution in [1.82, 2.24) is 10.3 Å². The minimum atomic E-state index is -0.403. The molecule has 0 aromatic carbocycles. The maximum absolute atomic E-state index is 11.2. The Labute approximate surface area is 112 Å². The van der Waals surface area contributed by atoms with Gasteiger partial charge in [-0.25, -0.2) is 5.84 Å². The number of hydrogen-bond acceptors (Lipinski definition) is 5. The fourth-order valence-corrected chi connectivity index (χ4v) is 2.14. The highest BCUT2D eigenvalue weighted by Crippen LogP contribution is 2.13. The second kappa shape index (κ2) is 7.45. The van der Waals surface area contributed by atoms with Crippen LogP contribution in [0.15, 0.2) is 16.5 Å². The number of rotatable bonds is 7.